The number of rotatable bonds is 5. The summed E-state index contributed by atoms with van der Waals surface area (Å²) >= 11 is 0. The molecule has 1 atom stereocenters. The second kappa shape index (κ2) is 10.4. The second-order valence-corrected chi connectivity index (χ2v) is 11.3. The minimum absolute atomic E-state index is 0.0589. The number of hydrogen-bond donors (Lipinski definition) is 1. The van der Waals surface area contributed by atoms with Gasteiger partial charge in [0, 0.05) is 25.7 Å². The van der Waals surface area contributed by atoms with Gasteiger partial charge in [0.2, 0.25) is 0 Å². The van der Waals surface area contributed by atoms with Gasteiger partial charge in [0.1, 0.15) is 11.6 Å². The van der Waals surface area contributed by atoms with Crippen LogP contribution in [0.2, 0.25) is 0 Å². The van der Waals surface area contributed by atoms with Crippen molar-refractivity contribution in [1.29, 1.82) is 0 Å². The third-order valence-corrected chi connectivity index (χ3v) is 8.68. The Balaban J connectivity index is 1.64. The quantitative estimate of drug-likeness (QED) is 0.421. The lowest BCUT2D eigenvalue weighted by molar-refractivity contribution is -0.137. The van der Waals surface area contributed by atoms with E-state index in [1.54, 1.807) is 6.07 Å². The summed E-state index contributed by atoms with van der Waals surface area (Å²) in [6.45, 7) is -2.88. The first kappa shape index (κ1) is 28.4. The molecule has 0 saturated carbocycles. The normalized spacial score (nSPS) is 17.3. The number of primary amides is 1. The molecule has 41 heavy (non-hydrogen) atoms. The molecule has 218 valence electrons. The summed E-state index contributed by atoms with van der Waals surface area (Å²) in [6.07, 6.45) is -4.80. The van der Waals surface area contributed by atoms with Crippen LogP contribution < -0.4 is 19.7 Å². The number of benzene rings is 3. The van der Waals surface area contributed by atoms with Crippen LogP contribution in [0.3, 0.4) is 0 Å². The number of ether oxygens (including phenoxy) is 1. The van der Waals surface area contributed by atoms with Crippen LogP contribution in [0.25, 0.3) is 11.1 Å². The molecule has 1 saturated heterocycles. The Bertz CT molecular complexity index is 1600. The molecule has 8 nitrogen and oxygen atoms in total. The third kappa shape index (κ3) is 5.58. The number of amides is 2. The molecule has 5 rings (SSSR count). The van der Waals surface area contributed by atoms with E-state index in [0.717, 1.165) is 40.7 Å². The molecule has 3 aromatic rings. The van der Waals surface area contributed by atoms with Crippen LogP contribution in [0.15, 0.2) is 65.6 Å². The lowest BCUT2D eigenvalue weighted by atomic mass is 10.00. The highest BCUT2D eigenvalue weighted by atomic mass is 32.2. The first-order valence-electron chi connectivity index (χ1n) is 12.1. The van der Waals surface area contributed by atoms with Crippen LogP contribution >= 0.6 is 0 Å². The van der Waals surface area contributed by atoms with E-state index in [1.165, 1.54) is 17.0 Å². The van der Waals surface area contributed by atoms with Gasteiger partial charge in [-0.25, -0.2) is 17.6 Å². The van der Waals surface area contributed by atoms with Gasteiger partial charge >= 0.3 is 18.8 Å². The Morgan fingerprint density at radius 2 is 1.71 bits per heavy atom. The van der Waals surface area contributed by atoms with Gasteiger partial charge in [-0.15, -0.1) is 0 Å². The summed E-state index contributed by atoms with van der Waals surface area (Å²) in [5.41, 5.74) is 5.08. The summed E-state index contributed by atoms with van der Waals surface area (Å²) in [5.74, 6) is -1.34. The molecule has 0 spiro atoms. The van der Waals surface area contributed by atoms with Crippen LogP contribution in [0.4, 0.5) is 42.5 Å². The van der Waals surface area contributed by atoms with Crippen LogP contribution in [-0.4, -0.2) is 58.2 Å². The fraction of sp³-hybridized carbons (Fsp3) is 0.269. The summed E-state index contributed by atoms with van der Waals surface area (Å²) in [7, 11) is -4.60. The fourth-order valence-electron chi connectivity index (χ4n) is 5.05. The lowest BCUT2D eigenvalue weighted by Crippen LogP contribution is -2.62. The van der Waals surface area contributed by atoms with Crippen LogP contribution in [0, 0.1) is 5.82 Å². The van der Waals surface area contributed by atoms with Crippen LogP contribution in [0.1, 0.15) is 5.56 Å². The van der Waals surface area contributed by atoms with Crippen LogP contribution in [-0.2, 0) is 16.2 Å². The highest BCUT2D eigenvalue weighted by molar-refractivity contribution is 7.92. The molecule has 2 amide bonds. The molecule has 0 unspecified atom stereocenters. The lowest BCUT2D eigenvalue weighted by Gasteiger charge is -2.48. The van der Waals surface area contributed by atoms with Gasteiger partial charge in [-0.1, -0.05) is 12.1 Å². The summed E-state index contributed by atoms with van der Waals surface area (Å²) < 4.78 is 113. The van der Waals surface area contributed by atoms with Crippen molar-refractivity contribution in [1.82, 2.24) is 4.90 Å². The second-order valence-electron chi connectivity index (χ2n) is 9.45. The van der Waals surface area contributed by atoms with Crippen molar-refractivity contribution >= 4 is 27.4 Å². The maximum Gasteiger partial charge on any atom is 0.416 e. The largest absolute Gasteiger partial charge is 0.435 e. The zero-order chi connectivity index (χ0) is 29.7. The minimum Gasteiger partial charge on any atom is -0.435 e. The minimum atomic E-state index is -4.80. The Hall–Kier alpha value is -4.14. The predicted octanol–water partition coefficient (Wildman–Crippen LogP) is 4.89. The SMILES string of the molecule is NC(=O)N1CCN2c3ccc(-c4cc(F)cc(OC(F)F)c4)cc3N(S(=O)(=O)c3cccc(C(F)(F)F)c3)C[C@@H]2C1. The molecule has 15 heteroatoms. The van der Waals surface area contributed by atoms with Gasteiger partial charge < -0.3 is 20.3 Å². The number of piperazine rings is 1. The zero-order valence-corrected chi connectivity index (χ0v) is 21.8. The van der Waals surface area contributed by atoms with E-state index in [0.29, 0.717) is 11.8 Å². The van der Waals surface area contributed by atoms with Gasteiger partial charge in [0.05, 0.1) is 34.4 Å². The zero-order valence-electron chi connectivity index (χ0n) is 21.0. The van der Waals surface area contributed by atoms with Crippen molar-refractivity contribution < 1.29 is 44.3 Å². The third-order valence-electron chi connectivity index (χ3n) is 6.90. The molecule has 0 bridgehead atoms. The first-order chi connectivity index (χ1) is 19.2. The number of anilines is 2. The average Bonchev–Trinajstić information content (AvgIpc) is 2.90. The van der Waals surface area contributed by atoms with Crippen molar-refractivity contribution in [3.8, 4) is 16.9 Å². The topological polar surface area (TPSA) is 96.2 Å². The Labute approximate surface area is 230 Å². The van der Waals surface area contributed by atoms with Crippen molar-refractivity contribution in [2.75, 3.05) is 35.4 Å². The van der Waals surface area contributed by atoms with Gasteiger partial charge in [0.25, 0.3) is 10.0 Å². The number of sulfonamides is 1. The number of alkyl halides is 5. The van der Waals surface area contributed by atoms with Crippen molar-refractivity contribution in [3.05, 3.63) is 72.0 Å². The molecule has 2 N–H and O–H groups in total. The van der Waals surface area contributed by atoms with Gasteiger partial charge in [-0.2, -0.15) is 22.0 Å². The van der Waals surface area contributed by atoms with Gasteiger partial charge in [-0.05, 0) is 53.6 Å². The number of fused-ring (bicyclic) bond motifs is 3. The first-order valence-corrected chi connectivity index (χ1v) is 13.6. The molecule has 1 fully saturated rings. The highest BCUT2D eigenvalue weighted by Crippen LogP contribution is 2.43. The van der Waals surface area contributed by atoms with E-state index in [2.05, 4.69) is 4.74 Å². The molecular formula is C26H22F6N4O4S. The molecule has 0 radical (unpaired) electrons. The van der Waals surface area contributed by atoms with E-state index in [-0.39, 0.29) is 43.0 Å². The number of nitrogens with zero attached hydrogens (tertiary/aromatic N) is 3. The van der Waals surface area contributed by atoms with E-state index >= 15 is 0 Å². The smallest absolute Gasteiger partial charge is 0.416 e. The fourth-order valence-corrected chi connectivity index (χ4v) is 6.61. The molecule has 2 heterocycles. The van der Waals surface area contributed by atoms with E-state index in [9.17, 15) is 39.6 Å². The summed E-state index contributed by atoms with van der Waals surface area (Å²) in [5, 5.41) is 0. The number of nitrogens with two attached hydrogens (primary N) is 1. The van der Waals surface area contributed by atoms with E-state index < -0.39 is 56.9 Å². The molecule has 0 aliphatic carbocycles. The number of carbonyl (C=O) groups is 1. The highest BCUT2D eigenvalue weighted by Gasteiger charge is 2.41. The number of carbonyl (C=O) groups excluding carboxylic acids is 1. The van der Waals surface area contributed by atoms with E-state index in [1.807, 2.05) is 4.90 Å². The summed E-state index contributed by atoms with van der Waals surface area (Å²) in [4.78, 5) is 14.4. The monoisotopic (exact) mass is 600 g/mol. The van der Waals surface area contributed by atoms with Crippen molar-refractivity contribution in [3.63, 3.8) is 0 Å². The Morgan fingerprint density at radius 3 is 2.39 bits per heavy atom. The number of urea groups is 1. The maximum atomic E-state index is 14.3. The standard InChI is InChI=1S/C26H22F6N4O4S/c27-18-8-16(9-20(12-18)40-24(28)29)15-4-5-22-23(10-15)36(14-19-13-34(25(33)37)6-7-35(19)22)41(38,39)21-3-1-2-17(11-21)26(30,31)32/h1-5,8-12,19,24H,6-7,13-14H2,(H2,33,37)/t19-/m0/s1. The Kier molecular flexibility index (Phi) is 7.17. The van der Waals surface area contributed by atoms with Crippen LogP contribution in [0.5, 0.6) is 5.75 Å². The molecule has 2 aliphatic heterocycles. The Morgan fingerprint density at radius 1 is 0.951 bits per heavy atom. The maximum absolute atomic E-state index is 14.3. The van der Waals surface area contributed by atoms with E-state index in [4.69, 9.17) is 5.73 Å². The molecule has 3 aromatic carbocycles. The number of hydrogen-bond acceptors (Lipinski definition) is 5. The molecule has 2 aliphatic rings. The summed E-state index contributed by atoms with van der Waals surface area (Å²) in [6, 6.07) is 9.43. The van der Waals surface area contributed by atoms with Gasteiger partial charge in [0.15, 0.2) is 0 Å². The predicted molar refractivity (Wildman–Crippen MR) is 137 cm³/mol. The molecule has 0 aromatic heterocycles. The molecular weight excluding hydrogens is 578 g/mol. The number of halogens is 6. The van der Waals surface area contributed by atoms with Crippen molar-refractivity contribution in [2.24, 2.45) is 5.73 Å². The van der Waals surface area contributed by atoms with Crippen molar-refractivity contribution in [2.45, 2.75) is 23.7 Å². The van der Waals surface area contributed by atoms with Gasteiger partial charge in [-0.3, -0.25) is 4.31 Å². The average molecular weight is 601 g/mol.